The van der Waals surface area contributed by atoms with Crippen LogP contribution in [0.1, 0.15) is 19.8 Å². The first-order valence-electron chi connectivity index (χ1n) is 7.55. The molecule has 6 nitrogen and oxygen atoms in total. The molecule has 1 amide bonds. The van der Waals surface area contributed by atoms with Crippen molar-refractivity contribution in [1.82, 2.24) is 4.90 Å². The molecule has 0 N–H and O–H groups in total. The van der Waals surface area contributed by atoms with Gasteiger partial charge in [-0.15, -0.1) is 0 Å². The lowest BCUT2D eigenvalue weighted by Gasteiger charge is -2.19. The van der Waals surface area contributed by atoms with Crippen LogP contribution in [0.3, 0.4) is 0 Å². The highest BCUT2D eigenvalue weighted by Crippen LogP contribution is 2.48. The highest BCUT2D eigenvalue weighted by molar-refractivity contribution is 8.03. The second-order valence-electron chi connectivity index (χ2n) is 5.20. The first kappa shape index (κ1) is 16.8. The van der Waals surface area contributed by atoms with E-state index in [4.69, 9.17) is 21.7 Å². The normalized spacial score (nSPS) is 19.5. The summed E-state index contributed by atoms with van der Waals surface area (Å²) >= 11 is 6.59. The largest absolute Gasteiger partial charge is 0.446 e. The Balaban J connectivity index is 1.94. The molecule has 3 rings (SSSR count). The van der Waals surface area contributed by atoms with Crippen molar-refractivity contribution in [2.75, 3.05) is 18.2 Å². The van der Waals surface area contributed by atoms with Crippen LogP contribution in [0.4, 0.5) is 5.69 Å². The average Bonchev–Trinajstić information content (AvgIpc) is 3.08. The smallest absolute Gasteiger partial charge is 0.299 e. The molecule has 0 atom stereocenters. The zero-order valence-electron chi connectivity index (χ0n) is 13.1. The Labute approximate surface area is 149 Å². The predicted molar refractivity (Wildman–Crippen MR) is 94.1 cm³/mol. The summed E-state index contributed by atoms with van der Waals surface area (Å²) in [7, 11) is 0. The van der Waals surface area contributed by atoms with Crippen LogP contribution < -0.4 is 4.90 Å². The standard InChI is InChI=1S/C16H16N2O4S2/c1-2-3-8-17-14(20)13(22-16(17)23)15-18(9-21-10-19)11-6-4-5-7-12(11)24-15/h4-7,10H,2-3,8-9H2,1H3/b15-13+. The summed E-state index contributed by atoms with van der Waals surface area (Å²) in [4.78, 5) is 27.5. The second kappa shape index (κ2) is 7.23. The van der Waals surface area contributed by atoms with Crippen LogP contribution in [0, 0.1) is 0 Å². The molecule has 1 aromatic rings. The number of rotatable bonds is 6. The van der Waals surface area contributed by atoms with Gasteiger partial charge in [0.15, 0.2) is 6.73 Å². The maximum Gasteiger partial charge on any atom is 0.299 e. The van der Waals surface area contributed by atoms with E-state index in [0.29, 0.717) is 18.0 Å². The molecule has 1 saturated heterocycles. The molecule has 0 saturated carbocycles. The van der Waals surface area contributed by atoms with Gasteiger partial charge in [-0.3, -0.25) is 19.4 Å². The van der Waals surface area contributed by atoms with Crippen molar-refractivity contribution in [2.24, 2.45) is 0 Å². The maximum absolute atomic E-state index is 12.7. The van der Waals surface area contributed by atoms with Crippen LogP contribution >= 0.6 is 24.0 Å². The summed E-state index contributed by atoms with van der Waals surface area (Å²) < 4.78 is 10.5. The van der Waals surface area contributed by atoms with Gasteiger partial charge in [0.05, 0.1) is 5.69 Å². The van der Waals surface area contributed by atoms with E-state index in [9.17, 15) is 9.59 Å². The molecule has 0 bridgehead atoms. The molecule has 2 heterocycles. The Morgan fingerprint density at radius 2 is 2.12 bits per heavy atom. The first-order chi connectivity index (χ1) is 11.7. The Kier molecular flexibility index (Phi) is 5.06. The third kappa shape index (κ3) is 2.99. The van der Waals surface area contributed by atoms with E-state index in [0.717, 1.165) is 23.4 Å². The number of ether oxygens (including phenoxy) is 2. The van der Waals surface area contributed by atoms with Gasteiger partial charge in [0.2, 0.25) is 5.76 Å². The van der Waals surface area contributed by atoms with Gasteiger partial charge in [0, 0.05) is 11.4 Å². The minimum absolute atomic E-state index is 0.00467. The molecule has 1 aromatic carbocycles. The molecular formula is C16H16N2O4S2. The number of anilines is 1. The van der Waals surface area contributed by atoms with Gasteiger partial charge in [0.1, 0.15) is 5.03 Å². The molecule has 0 unspecified atom stereocenters. The van der Waals surface area contributed by atoms with Crippen molar-refractivity contribution in [3.05, 3.63) is 35.1 Å². The predicted octanol–water partition coefficient (Wildman–Crippen LogP) is 2.84. The highest BCUT2D eigenvalue weighted by Gasteiger charge is 2.40. The monoisotopic (exact) mass is 364 g/mol. The van der Waals surface area contributed by atoms with Gasteiger partial charge in [-0.2, -0.15) is 0 Å². The second-order valence-corrected chi connectivity index (χ2v) is 6.58. The summed E-state index contributed by atoms with van der Waals surface area (Å²) in [6.07, 6.45) is 1.81. The van der Waals surface area contributed by atoms with E-state index >= 15 is 0 Å². The summed E-state index contributed by atoms with van der Waals surface area (Å²) in [5, 5.41) is 0.758. The fourth-order valence-corrected chi connectivity index (χ4v) is 3.85. The molecular weight excluding hydrogens is 348 g/mol. The number of amides is 1. The van der Waals surface area contributed by atoms with E-state index in [2.05, 4.69) is 0 Å². The molecule has 2 aliphatic rings. The van der Waals surface area contributed by atoms with Crippen molar-refractivity contribution in [3.8, 4) is 0 Å². The summed E-state index contributed by atoms with van der Waals surface area (Å²) in [6.45, 7) is 2.97. The van der Waals surface area contributed by atoms with Crippen molar-refractivity contribution < 1.29 is 19.1 Å². The van der Waals surface area contributed by atoms with Crippen molar-refractivity contribution in [1.29, 1.82) is 0 Å². The summed E-state index contributed by atoms with van der Waals surface area (Å²) in [5.41, 5.74) is 0.862. The first-order valence-corrected chi connectivity index (χ1v) is 8.77. The van der Waals surface area contributed by atoms with Crippen molar-refractivity contribution in [3.63, 3.8) is 0 Å². The number of unbranched alkanes of at least 4 members (excludes halogenated alkanes) is 1. The van der Waals surface area contributed by atoms with Crippen molar-refractivity contribution >= 4 is 47.2 Å². The number of carbonyl (C=O) groups excluding carboxylic acids is 2. The van der Waals surface area contributed by atoms with E-state index in [1.807, 2.05) is 31.2 Å². The van der Waals surface area contributed by atoms with Crippen LogP contribution in [-0.2, 0) is 19.1 Å². The van der Waals surface area contributed by atoms with E-state index < -0.39 is 0 Å². The van der Waals surface area contributed by atoms with Gasteiger partial charge >= 0.3 is 0 Å². The van der Waals surface area contributed by atoms with Gasteiger partial charge < -0.3 is 9.47 Å². The topological polar surface area (TPSA) is 59.1 Å². The van der Waals surface area contributed by atoms with Gasteiger partial charge in [-0.05, 0) is 30.8 Å². The third-order valence-corrected chi connectivity index (χ3v) is 5.13. The molecule has 126 valence electrons. The van der Waals surface area contributed by atoms with Gasteiger partial charge in [0.25, 0.3) is 17.6 Å². The van der Waals surface area contributed by atoms with E-state index in [-0.39, 0.29) is 23.6 Å². The number of benzene rings is 1. The number of hydrogen-bond acceptors (Lipinski definition) is 7. The number of thioether (sulfide) groups is 1. The van der Waals surface area contributed by atoms with E-state index in [1.165, 1.54) is 16.7 Å². The number of fused-ring (bicyclic) bond motifs is 1. The Bertz CT molecular complexity index is 720. The van der Waals surface area contributed by atoms with Crippen LogP contribution in [0.5, 0.6) is 0 Å². The molecule has 0 spiro atoms. The van der Waals surface area contributed by atoms with E-state index in [1.54, 1.807) is 4.90 Å². The molecule has 1 fully saturated rings. The molecule has 2 aliphatic heterocycles. The Morgan fingerprint density at radius 3 is 2.88 bits per heavy atom. The minimum atomic E-state index is -0.250. The molecule has 24 heavy (non-hydrogen) atoms. The summed E-state index contributed by atoms with van der Waals surface area (Å²) in [5.74, 6) is -0.0633. The zero-order valence-corrected chi connectivity index (χ0v) is 14.7. The zero-order chi connectivity index (χ0) is 17.1. The lowest BCUT2D eigenvalue weighted by atomic mass is 10.3. The number of nitrogens with zero attached hydrogens (tertiary/aromatic N) is 2. The number of para-hydroxylation sites is 1. The number of hydrogen-bond donors (Lipinski definition) is 0. The Morgan fingerprint density at radius 1 is 1.33 bits per heavy atom. The molecule has 0 aliphatic carbocycles. The lowest BCUT2D eigenvalue weighted by molar-refractivity contribution is -0.128. The lowest BCUT2D eigenvalue weighted by Crippen LogP contribution is -2.30. The number of thiocarbonyl (C=S) groups is 1. The molecule has 0 radical (unpaired) electrons. The highest BCUT2D eigenvalue weighted by atomic mass is 32.2. The van der Waals surface area contributed by atoms with Crippen LogP contribution in [0.15, 0.2) is 39.9 Å². The maximum atomic E-state index is 12.7. The van der Waals surface area contributed by atoms with Crippen molar-refractivity contribution in [2.45, 2.75) is 24.7 Å². The number of carbonyl (C=O) groups is 2. The Hall–Kier alpha value is -2.06. The average molecular weight is 364 g/mol. The van der Waals surface area contributed by atoms with Crippen LogP contribution in [0.2, 0.25) is 0 Å². The van der Waals surface area contributed by atoms with Crippen LogP contribution in [0.25, 0.3) is 0 Å². The molecule has 0 aromatic heterocycles. The third-order valence-electron chi connectivity index (χ3n) is 3.66. The fourth-order valence-electron chi connectivity index (χ4n) is 2.47. The fraction of sp³-hybridized carbons (Fsp3) is 0.312. The van der Waals surface area contributed by atoms with Crippen LogP contribution in [-0.4, -0.2) is 35.7 Å². The SMILES string of the molecule is CCCCN1C(=O)/C(=C2\Sc3ccccc3N2COC=O)OC1=S. The van der Waals surface area contributed by atoms with Gasteiger partial charge in [-0.1, -0.05) is 37.2 Å². The summed E-state index contributed by atoms with van der Waals surface area (Å²) in [6, 6.07) is 7.63. The molecule has 8 heteroatoms. The van der Waals surface area contributed by atoms with Gasteiger partial charge in [-0.25, -0.2) is 0 Å². The quantitative estimate of drug-likeness (QED) is 0.437. The minimum Gasteiger partial charge on any atom is -0.446 e.